The first-order valence-corrected chi connectivity index (χ1v) is 4.64. The maximum absolute atomic E-state index is 12.4. The van der Waals surface area contributed by atoms with Gasteiger partial charge in [0.1, 0.15) is 0 Å². The molecule has 15 heavy (non-hydrogen) atoms. The molecule has 0 saturated heterocycles. The fraction of sp³-hybridized carbons (Fsp3) is 0.222. The molecule has 0 aliphatic heterocycles. The van der Waals surface area contributed by atoms with Crippen LogP contribution in [0, 0.1) is 6.92 Å². The second-order valence-corrected chi connectivity index (χ2v) is 3.70. The number of carboxylic acid groups (broad SMARTS) is 1. The number of benzene rings is 1. The highest BCUT2D eigenvalue weighted by Gasteiger charge is 2.34. The summed E-state index contributed by atoms with van der Waals surface area (Å²) in [5.41, 5.74) is -0.947. The van der Waals surface area contributed by atoms with Gasteiger partial charge in [0.2, 0.25) is 0 Å². The van der Waals surface area contributed by atoms with Gasteiger partial charge in [-0.3, -0.25) is 0 Å². The molecule has 0 atom stereocenters. The fourth-order valence-electron chi connectivity index (χ4n) is 1.14. The van der Waals surface area contributed by atoms with Gasteiger partial charge in [-0.15, -0.1) is 0 Å². The van der Waals surface area contributed by atoms with E-state index in [4.69, 9.17) is 5.11 Å². The number of halogens is 4. The molecule has 1 aromatic rings. The molecule has 0 aromatic heterocycles. The molecular formula is C9H6BrF3O2. The maximum atomic E-state index is 12.4. The highest BCUT2D eigenvalue weighted by molar-refractivity contribution is 9.10. The Kier molecular flexibility index (Phi) is 3.08. The Morgan fingerprint density at radius 2 is 1.93 bits per heavy atom. The molecule has 2 nitrogen and oxygen atoms in total. The second-order valence-electron chi connectivity index (χ2n) is 2.90. The van der Waals surface area contributed by atoms with Crippen molar-refractivity contribution in [3.63, 3.8) is 0 Å². The third-order valence-electron chi connectivity index (χ3n) is 1.92. The Hall–Kier alpha value is -1.04. The summed E-state index contributed by atoms with van der Waals surface area (Å²) in [6.07, 6.45) is -4.49. The molecule has 6 heteroatoms. The number of hydrogen-bond acceptors (Lipinski definition) is 1. The van der Waals surface area contributed by atoms with E-state index < -0.39 is 17.7 Å². The molecule has 0 aliphatic carbocycles. The van der Waals surface area contributed by atoms with Crippen LogP contribution in [0.1, 0.15) is 21.5 Å². The lowest BCUT2D eigenvalue weighted by molar-refractivity contribution is -0.138. The number of alkyl halides is 3. The van der Waals surface area contributed by atoms with Crippen LogP contribution in [0.2, 0.25) is 0 Å². The smallest absolute Gasteiger partial charge is 0.417 e. The number of carboxylic acids is 1. The maximum Gasteiger partial charge on any atom is 0.417 e. The van der Waals surface area contributed by atoms with Crippen molar-refractivity contribution in [1.29, 1.82) is 0 Å². The van der Waals surface area contributed by atoms with E-state index in [9.17, 15) is 18.0 Å². The van der Waals surface area contributed by atoms with Gasteiger partial charge in [0, 0.05) is 4.47 Å². The first-order chi connectivity index (χ1) is 6.75. The molecule has 1 N–H and O–H groups in total. The third-order valence-corrected chi connectivity index (χ3v) is 2.94. The first kappa shape index (κ1) is 12.0. The molecule has 1 rings (SSSR count). The van der Waals surface area contributed by atoms with Crippen LogP contribution in [0.4, 0.5) is 13.2 Å². The normalized spacial score (nSPS) is 11.5. The van der Waals surface area contributed by atoms with Gasteiger partial charge in [0.15, 0.2) is 0 Å². The van der Waals surface area contributed by atoms with Gasteiger partial charge in [-0.1, -0.05) is 0 Å². The van der Waals surface area contributed by atoms with Crippen molar-refractivity contribution in [3.8, 4) is 0 Å². The number of rotatable bonds is 1. The molecule has 0 bridgehead atoms. The van der Waals surface area contributed by atoms with Gasteiger partial charge in [-0.25, -0.2) is 4.79 Å². The number of aromatic carboxylic acids is 1. The summed E-state index contributed by atoms with van der Waals surface area (Å²) in [5, 5.41) is 8.68. The number of carbonyl (C=O) groups is 1. The molecular weight excluding hydrogens is 277 g/mol. The van der Waals surface area contributed by atoms with E-state index >= 15 is 0 Å². The van der Waals surface area contributed by atoms with Crippen LogP contribution in [0.25, 0.3) is 0 Å². The van der Waals surface area contributed by atoms with Crippen LogP contribution in [-0.4, -0.2) is 11.1 Å². The lowest BCUT2D eigenvalue weighted by Gasteiger charge is -2.12. The van der Waals surface area contributed by atoms with Crippen molar-refractivity contribution in [3.05, 3.63) is 33.3 Å². The quantitative estimate of drug-likeness (QED) is 0.856. The van der Waals surface area contributed by atoms with Crippen molar-refractivity contribution < 1.29 is 23.1 Å². The Labute approximate surface area is 91.8 Å². The fourth-order valence-corrected chi connectivity index (χ4v) is 1.71. The topological polar surface area (TPSA) is 37.3 Å². The first-order valence-electron chi connectivity index (χ1n) is 3.84. The Morgan fingerprint density at radius 1 is 1.40 bits per heavy atom. The minimum atomic E-state index is -4.49. The van der Waals surface area contributed by atoms with Gasteiger partial charge in [-0.05, 0) is 40.5 Å². The number of hydrogen-bond donors (Lipinski definition) is 1. The Bertz CT molecular complexity index is 413. The van der Waals surface area contributed by atoms with Crippen molar-refractivity contribution in [2.75, 3.05) is 0 Å². The minimum Gasteiger partial charge on any atom is -0.478 e. The largest absolute Gasteiger partial charge is 0.478 e. The predicted molar refractivity (Wildman–Crippen MR) is 50.8 cm³/mol. The van der Waals surface area contributed by atoms with Crippen LogP contribution in [0.3, 0.4) is 0 Å². The third kappa shape index (κ3) is 2.31. The van der Waals surface area contributed by atoms with Crippen molar-refractivity contribution in [1.82, 2.24) is 0 Å². The van der Waals surface area contributed by atoms with Crippen molar-refractivity contribution in [2.24, 2.45) is 0 Å². The van der Waals surface area contributed by atoms with Crippen molar-refractivity contribution >= 4 is 21.9 Å². The molecule has 82 valence electrons. The molecule has 0 aliphatic rings. The summed E-state index contributed by atoms with van der Waals surface area (Å²) in [6, 6.07) is 1.70. The molecule has 0 saturated carbocycles. The zero-order valence-electron chi connectivity index (χ0n) is 7.52. The van der Waals surface area contributed by atoms with Crippen LogP contribution in [-0.2, 0) is 6.18 Å². The SMILES string of the molecule is Cc1c(C(=O)O)ccc(C(F)(F)F)c1Br. The molecule has 0 spiro atoms. The second kappa shape index (κ2) is 3.84. The highest BCUT2D eigenvalue weighted by Crippen LogP contribution is 2.37. The monoisotopic (exact) mass is 282 g/mol. The summed E-state index contributed by atoms with van der Waals surface area (Å²) in [7, 11) is 0. The van der Waals surface area contributed by atoms with E-state index in [1.807, 2.05) is 0 Å². The summed E-state index contributed by atoms with van der Waals surface area (Å²) < 4.78 is 36.9. The van der Waals surface area contributed by atoms with E-state index in [1.54, 1.807) is 0 Å². The molecule has 0 unspecified atom stereocenters. The lowest BCUT2D eigenvalue weighted by Crippen LogP contribution is -2.09. The van der Waals surface area contributed by atoms with E-state index in [0.29, 0.717) is 0 Å². The van der Waals surface area contributed by atoms with E-state index in [-0.39, 0.29) is 15.6 Å². The van der Waals surface area contributed by atoms with Gasteiger partial charge < -0.3 is 5.11 Å². The zero-order chi connectivity index (χ0) is 11.8. The summed E-state index contributed by atoms with van der Waals surface area (Å²) in [4.78, 5) is 10.6. The molecule has 1 aromatic carbocycles. The van der Waals surface area contributed by atoms with E-state index in [1.165, 1.54) is 6.92 Å². The van der Waals surface area contributed by atoms with Crippen LogP contribution in [0.15, 0.2) is 16.6 Å². The van der Waals surface area contributed by atoms with Crippen LogP contribution >= 0.6 is 15.9 Å². The summed E-state index contributed by atoms with van der Waals surface area (Å²) >= 11 is 2.75. The average molecular weight is 283 g/mol. The molecule has 0 heterocycles. The van der Waals surface area contributed by atoms with Crippen molar-refractivity contribution in [2.45, 2.75) is 13.1 Å². The van der Waals surface area contributed by atoms with Gasteiger partial charge in [0.05, 0.1) is 11.1 Å². The van der Waals surface area contributed by atoms with Gasteiger partial charge in [-0.2, -0.15) is 13.2 Å². The Balaban J connectivity index is 3.41. The average Bonchev–Trinajstić information content (AvgIpc) is 2.06. The Morgan fingerprint density at radius 3 is 2.33 bits per heavy atom. The van der Waals surface area contributed by atoms with E-state index in [2.05, 4.69) is 15.9 Å². The standard InChI is InChI=1S/C9H6BrF3O2/c1-4-5(8(14)15)2-3-6(7(4)10)9(11,12)13/h2-3H,1H3,(H,14,15). The highest BCUT2D eigenvalue weighted by atomic mass is 79.9. The summed E-state index contributed by atoms with van der Waals surface area (Å²) in [5.74, 6) is -1.25. The van der Waals surface area contributed by atoms with Crippen LogP contribution in [0.5, 0.6) is 0 Å². The molecule has 0 fully saturated rings. The predicted octanol–water partition coefficient (Wildman–Crippen LogP) is 3.47. The van der Waals surface area contributed by atoms with Gasteiger partial charge in [0.25, 0.3) is 0 Å². The van der Waals surface area contributed by atoms with Crippen LogP contribution < -0.4 is 0 Å². The van der Waals surface area contributed by atoms with E-state index in [0.717, 1.165) is 12.1 Å². The molecule has 0 amide bonds. The zero-order valence-corrected chi connectivity index (χ0v) is 9.11. The van der Waals surface area contributed by atoms with Gasteiger partial charge >= 0.3 is 12.1 Å². The lowest BCUT2D eigenvalue weighted by atomic mass is 10.1. The molecule has 0 radical (unpaired) electrons. The minimum absolute atomic E-state index is 0.0670. The summed E-state index contributed by atoms with van der Waals surface area (Å²) in [6.45, 7) is 1.32.